The molecule has 0 atom stereocenters. The zero-order chi connectivity index (χ0) is 24.5. The molecule has 0 bridgehead atoms. The van der Waals surface area contributed by atoms with Gasteiger partial charge in [0.2, 0.25) is 10.0 Å². The van der Waals surface area contributed by atoms with Gasteiger partial charge in [-0.25, -0.2) is 8.42 Å². The molecular weight excluding hydrogens is 458 g/mol. The number of furan rings is 1. The predicted molar refractivity (Wildman–Crippen MR) is 125 cm³/mol. The number of carbonyl (C=O) groups is 2. The standard InChI is InChI=1S/C23H27N5O5S/c1-4-28-17(3)21(16(2)25-28)34(31,32)27-12-10-26(11-13-27)23(30)18-7-5-8-19(15-18)24-22(29)20-9-6-14-33-20/h5-9,14-15H,4,10-13H2,1-3H3,(H,24,29). The van der Waals surface area contributed by atoms with E-state index in [1.54, 1.807) is 59.8 Å². The maximum atomic E-state index is 13.3. The number of hydrogen-bond acceptors (Lipinski definition) is 6. The second-order valence-electron chi connectivity index (χ2n) is 8.02. The van der Waals surface area contributed by atoms with Crippen molar-refractivity contribution >= 4 is 27.5 Å². The maximum Gasteiger partial charge on any atom is 0.291 e. The second kappa shape index (κ2) is 9.43. The van der Waals surface area contributed by atoms with Crippen LogP contribution in [0.15, 0.2) is 52.0 Å². The smallest absolute Gasteiger partial charge is 0.291 e. The molecule has 10 nitrogen and oxygen atoms in total. The topological polar surface area (TPSA) is 118 Å². The highest BCUT2D eigenvalue weighted by Gasteiger charge is 2.34. The third-order valence-electron chi connectivity index (χ3n) is 5.85. The average Bonchev–Trinajstić information content (AvgIpc) is 3.47. The molecule has 0 spiro atoms. The largest absolute Gasteiger partial charge is 0.459 e. The van der Waals surface area contributed by atoms with E-state index < -0.39 is 15.9 Å². The second-order valence-corrected chi connectivity index (χ2v) is 9.90. The van der Waals surface area contributed by atoms with Gasteiger partial charge in [-0.3, -0.25) is 14.3 Å². The van der Waals surface area contributed by atoms with E-state index in [1.807, 2.05) is 6.92 Å². The number of benzene rings is 1. The lowest BCUT2D eigenvalue weighted by molar-refractivity contribution is 0.0697. The minimum atomic E-state index is -3.71. The van der Waals surface area contributed by atoms with Gasteiger partial charge in [0.25, 0.3) is 11.8 Å². The van der Waals surface area contributed by atoms with Crippen LogP contribution in [0.1, 0.15) is 39.2 Å². The van der Waals surface area contributed by atoms with Crippen LogP contribution in [0.25, 0.3) is 0 Å². The summed E-state index contributed by atoms with van der Waals surface area (Å²) in [7, 11) is -3.71. The van der Waals surface area contributed by atoms with E-state index in [0.717, 1.165) is 0 Å². The first-order valence-corrected chi connectivity index (χ1v) is 12.4. The quantitative estimate of drug-likeness (QED) is 0.573. The van der Waals surface area contributed by atoms with Gasteiger partial charge < -0.3 is 14.6 Å². The van der Waals surface area contributed by atoms with Crippen LogP contribution in [-0.2, 0) is 16.6 Å². The predicted octanol–water partition coefficient (Wildman–Crippen LogP) is 2.51. The van der Waals surface area contributed by atoms with E-state index in [-0.39, 0.29) is 42.7 Å². The van der Waals surface area contributed by atoms with Crippen molar-refractivity contribution in [3.63, 3.8) is 0 Å². The molecule has 1 aromatic carbocycles. The summed E-state index contributed by atoms with van der Waals surface area (Å²) in [5.41, 5.74) is 1.97. The molecule has 2 amide bonds. The Balaban J connectivity index is 1.43. The van der Waals surface area contributed by atoms with E-state index in [1.165, 1.54) is 10.6 Å². The van der Waals surface area contributed by atoms with Crippen LogP contribution in [-0.4, -0.2) is 65.4 Å². The van der Waals surface area contributed by atoms with Crippen molar-refractivity contribution in [1.29, 1.82) is 0 Å². The number of hydrogen-bond donors (Lipinski definition) is 1. The van der Waals surface area contributed by atoms with Gasteiger partial charge in [-0.05, 0) is 51.1 Å². The summed E-state index contributed by atoms with van der Waals surface area (Å²) in [6, 6.07) is 9.80. The Hall–Kier alpha value is -3.44. The van der Waals surface area contributed by atoms with Crippen molar-refractivity contribution in [3.05, 3.63) is 65.4 Å². The summed E-state index contributed by atoms with van der Waals surface area (Å²) in [5, 5.41) is 7.03. The number of nitrogens with zero attached hydrogens (tertiary/aromatic N) is 4. The Morgan fingerprint density at radius 3 is 2.44 bits per heavy atom. The molecule has 180 valence electrons. The maximum absolute atomic E-state index is 13.3. The normalized spacial score (nSPS) is 14.9. The molecular formula is C23H27N5O5S. The fraction of sp³-hybridized carbons (Fsp3) is 0.348. The zero-order valence-electron chi connectivity index (χ0n) is 19.3. The molecule has 1 N–H and O–H groups in total. The van der Waals surface area contributed by atoms with Crippen LogP contribution in [0.3, 0.4) is 0 Å². The number of rotatable bonds is 6. The monoisotopic (exact) mass is 485 g/mol. The van der Waals surface area contributed by atoms with Crippen molar-refractivity contribution in [2.24, 2.45) is 0 Å². The number of anilines is 1. The highest BCUT2D eigenvalue weighted by molar-refractivity contribution is 7.89. The van der Waals surface area contributed by atoms with Crippen LogP contribution < -0.4 is 5.32 Å². The first kappa shape index (κ1) is 23.7. The molecule has 1 aliphatic rings. The highest BCUT2D eigenvalue weighted by atomic mass is 32.2. The number of carbonyl (C=O) groups excluding carboxylic acids is 2. The lowest BCUT2D eigenvalue weighted by atomic mass is 10.1. The van der Waals surface area contributed by atoms with Crippen LogP contribution >= 0.6 is 0 Å². The summed E-state index contributed by atoms with van der Waals surface area (Å²) in [6.07, 6.45) is 1.41. The Kier molecular flexibility index (Phi) is 6.58. The fourth-order valence-corrected chi connectivity index (χ4v) is 5.93. The van der Waals surface area contributed by atoms with Crippen LogP contribution in [0.2, 0.25) is 0 Å². The lowest BCUT2D eigenvalue weighted by Crippen LogP contribution is -2.50. The molecule has 0 aliphatic carbocycles. The molecule has 2 aromatic heterocycles. The number of amides is 2. The van der Waals surface area contributed by atoms with Gasteiger partial charge in [-0.1, -0.05) is 6.07 Å². The van der Waals surface area contributed by atoms with Crippen LogP contribution in [0.5, 0.6) is 0 Å². The van der Waals surface area contributed by atoms with Gasteiger partial charge in [0.15, 0.2) is 5.76 Å². The molecule has 1 saturated heterocycles. The third kappa shape index (κ3) is 4.48. The minimum absolute atomic E-state index is 0.170. The molecule has 0 radical (unpaired) electrons. The average molecular weight is 486 g/mol. The van der Waals surface area contributed by atoms with Crippen molar-refractivity contribution in [3.8, 4) is 0 Å². The molecule has 3 aromatic rings. The molecule has 4 rings (SSSR count). The molecule has 3 heterocycles. The first-order valence-electron chi connectivity index (χ1n) is 11.0. The van der Waals surface area contributed by atoms with E-state index >= 15 is 0 Å². The van der Waals surface area contributed by atoms with Gasteiger partial charge in [0.05, 0.1) is 17.7 Å². The van der Waals surface area contributed by atoms with E-state index in [0.29, 0.717) is 29.2 Å². The van der Waals surface area contributed by atoms with Gasteiger partial charge in [0, 0.05) is 44.0 Å². The van der Waals surface area contributed by atoms with E-state index in [2.05, 4.69) is 10.4 Å². The Morgan fingerprint density at radius 1 is 1.09 bits per heavy atom. The van der Waals surface area contributed by atoms with E-state index in [9.17, 15) is 18.0 Å². The van der Waals surface area contributed by atoms with Crippen LogP contribution in [0.4, 0.5) is 5.69 Å². The van der Waals surface area contributed by atoms with Crippen molar-refractivity contribution in [1.82, 2.24) is 19.0 Å². The molecule has 0 unspecified atom stereocenters. The molecule has 1 fully saturated rings. The molecule has 34 heavy (non-hydrogen) atoms. The van der Waals surface area contributed by atoms with Crippen molar-refractivity contribution in [2.75, 3.05) is 31.5 Å². The van der Waals surface area contributed by atoms with Crippen molar-refractivity contribution < 1.29 is 22.4 Å². The number of sulfonamides is 1. The van der Waals surface area contributed by atoms with Gasteiger partial charge in [-0.2, -0.15) is 9.40 Å². The number of aryl methyl sites for hydroxylation is 2. The molecule has 0 saturated carbocycles. The Labute approximate surface area is 198 Å². The minimum Gasteiger partial charge on any atom is -0.459 e. The van der Waals surface area contributed by atoms with Gasteiger partial charge >= 0.3 is 0 Å². The molecule has 1 aliphatic heterocycles. The summed E-state index contributed by atoms with van der Waals surface area (Å²) < 4.78 is 34.7. The summed E-state index contributed by atoms with van der Waals surface area (Å²) in [4.78, 5) is 27.1. The Morgan fingerprint density at radius 2 is 1.82 bits per heavy atom. The van der Waals surface area contributed by atoms with E-state index in [4.69, 9.17) is 4.42 Å². The highest BCUT2D eigenvalue weighted by Crippen LogP contribution is 2.25. The molecule has 11 heteroatoms. The number of piperazine rings is 1. The number of nitrogens with one attached hydrogen (secondary N) is 1. The van der Waals surface area contributed by atoms with Gasteiger partial charge in [-0.15, -0.1) is 0 Å². The SMILES string of the molecule is CCn1nc(C)c(S(=O)(=O)N2CCN(C(=O)c3cccc(NC(=O)c4ccco4)c3)CC2)c1C. The fourth-order valence-electron chi connectivity index (χ4n) is 4.14. The summed E-state index contributed by atoms with van der Waals surface area (Å²) in [5.74, 6) is -0.466. The van der Waals surface area contributed by atoms with Crippen LogP contribution in [0, 0.1) is 13.8 Å². The summed E-state index contributed by atoms with van der Waals surface area (Å²) >= 11 is 0. The number of aromatic nitrogens is 2. The van der Waals surface area contributed by atoms with Crippen molar-refractivity contribution in [2.45, 2.75) is 32.2 Å². The summed E-state index contributed by atoms with van der Waals surface area (Å²) in [6.45, 7) is 6.88. The zero-order valence-corrected chi connectivity index (χ0v) is 20.1. The first-order chi connectivity index (χ1) is 16.2. The third-order valence-corrected chi connectivity index (χ3v) is 8.00. The lowest BCUT2D eigenvalue weighted by Gasteiger charge is -2.34. The van der Waals surface area contributed by atoms with Gasteiger partial charge in [0.1, 0.15) is 4.90 Å². The Bertz CT molecular complexity index is 1310.